The zero-order valence-corrected chi connectivity index (χ0v) is 18.5. The van der Waals surface area contributed by atoms with E-state index in [2.05, 4.69) is 20.4 Å². The maximum atomic E-state index is 13.4. The molecule has 1 aliphatic carbocycles. The number of H-pyrrole nitrogens is 1. The van der Waals surface area contributed by atoms with E-state index in [0.29, 0.717) is 12.2 Å². The first kappa shape index (κ1) is 21.1. The molecule has 2 amide bonds. The van der Waals surface area contributed by atoms with Crippen LogP contribution in [-0.4, -0.2) is 43.0 Å². The molecule has 2 aliphatic rings. The second-order valence-electron chi connectivity index (χ2n) is 8.71. The van der Waals surface area contributed by atoms with Gasteiger partial charge in [-0.25, -0.2) is 0 Å². The van der Waals surface area contributed by atoms with E-state index < -0.39 is 5.92 Å². The molecule has 0 saturated heterocycles. The number of nitrogens with zero attached hydrogens (tertiary/aromatic N) is 4. The number of fused-ring (bicyclic) bond motifs is 2. The van der Waals surface area contributed by atoms with Crippen LogP contribution in [0.25, 0.3) is 0 Å². The summed E-state index contributed by atoms with van der Waals surface area (Å²) in [5.74, 6) is -1.21. The minimum atomic E-state index is -0.626. The van der Waals surface area contributed by atoms with Crippen molar-refractivity contribution in [3.05, 3.63) is 80.8 Å². The molecule has 0 fully saturated rings. The molecule has 3 aromatic rings. The van der Waals surface area contributed by atoms with Gasteiger partial charge in [-0.2, -0.15) is 5.10 Å². The van der Waals surface area contributed by atoms with Gasteiger partial charge in [0.2, 0.25) is 5.91 Å². The van der Waals surface area contributed by atoms with Crippen molar-refractivity contribution in [2.24, 2.45) is 7.05 Å². The lowest BCUT2D eigenvalue weighted by Crippen LogP contribution is -2.45. The molecule has 9 nitrogen and oxygen atoms in total. The number of pyridine rings is 2. The van der Waals surface area contributed by atoms with E-state index in [0.717, 1.165) is 48.2 Å². The number of rotatable bonds is 4. The van der Waals surface area contributed by atoms with E-state index in [-0.39, 0.29) is 36.0 Å². The van der Waals surface area contributed by atoms with E-state index in [1.807, 2.05) is 24.4 Å². The Balaban J connectivity index is 1.40. The van der Waals surface area contributed by atoms with Crippen LogP contribution in [0.3, 0.4) is 0 Å². The number of aryl methyl sites for hydroxylation is 3. The third kappa shape index (κ3) is 4.18. The molecule has 0 saturated carbocycles. The van der Waals surface area contributed by atoms with Crippen molar-refractivity contribution < 1.29 is 9.59 Å². The molecule has 0 bridgehead atoms. The van der Waals surface area contributed by atoms with Crippen LogP contribution in [0.2, 0.25) is 0 Å². The predicted molar refractivity (Wildman–Crippen MR) is 120 cm³/mol. The van der Waals surface area contributed by atoms with Crippen molar-refractivity contribution in [1.29, 1.82) is 0 Å². The lowest BCUT2D eigenvalue weighted by molar-refractivity contribution is -0.123. The van der Waals surface area contributed by atoms with Crippen molar-refractivity contribution in [2.45, 2.75) is 44.7 Å². The monoisotopic (exact) mass is 446 g/mol. The lowest BCUT2D eigenvalue weighted by atomic mass is 9.93. The third-order valence-electron chi connectivity index (χ3n) is 6.37. The smallest absolute Gasteiger partial charge is 0.261 e. The Bertz CT molecular complexity index is 1260. The Labute approximate surface area is 190 Å². The summed E-state index contributed by atoms with van der Waals surface area (Å²) in [6.07, 6.45) is 7.29. The molecule has 5 rings (SSSR count). The van der Waals surface area contributed by atoms with Crippen molar-refractivity contribution in [1.82, 2.24) is 30.0 Å². The summed E-state index contributed by atoms with van der Waals surface area (Å²) in [6, 6.07) is 7.26. The zero-order chi connectivity index (χ0) is 22.9. The standard InChI is InChI=1S/C24H26N6O3/c1-29-12-16-13-30(24(33)18-10-15-6-2-3-8-20(15)27-23(18)32)14-19(21(16)28-29)22(31)26-11-17-7-4-5-9-25-17/h4-5,7,9-10,12,19H,2-3,6,8,11,13-14H2,1H3,(H,26,31)(H,27,32)/t19-/m0/s1. The maximum absolute atomic E-state index is 13.4. The summed E-state index contributed by atoms with van der Waals surface area (Å²) < 4.78 is 1.66. The normalized spacial score (nSPS) is 17.2. The molecule has 3 aromatic heterocycles. The van der Waals surface area contributed by atoms with Gasteiger partial charge in [-0.3, -0.25) is 24.0 Å². The first-order chi connectivity index (χ1) is 16.0. The Morgan fingerprint density at radius 3 is 2.88 bits per heavy atom. The topological polar surface area (TPSA) is 113 Å². The fraction of sp³-hybridized carbons (Fsp3) is 0.375. The number of hydrogen-bond acceptors (Lipinski definition) is 5. The van der Waals surface area contributed by atoms with E-state index in [1.165, 1.54) is 0 Å². The zero-order valence-electron chi connectivity index (χ0n) is 18.5. The highest BCUT2D eigenvalue weighted by molar-refractivity contribution is 5.95. The van der Waals surface area contributed by atoms with Crippen LogP contribution in [0.1, 0.15) is 57.3 Å². The molecule has 9 heteroatoms. The van der Waals surface area contributed by atoms with Gasteiger partial charge in [0.25, 0.3) is 11.5 Å². The largest absolute Gasteiger partial charge is 0.350 e. The number of carbonyl (C=O) groups excluding carboxylic acids is 2. The quantitative estimate of drug-likeness (QED) is 0.630. The lowest BCUT2D eigenvalue weighted by Gasteiger charge is -2.31. The number of hydrogen-bond donors (Lipinski definition) is 2. The van der Waals surface area contributed by atoms with Crippen LogP contribution < -0.4 is 10.9 Å². The predicted octanol–water partition coefficient (Wildman–Crippen LogP) is 1.44. The van der Waals surface area contributed by atoms with Gasteiger partial charge in [0.15, 0.2) is 0 Å². The SMILES string of the molecule is Cn1cc2c(n1)[C@@H](C(=O)NCc1ccccn1)CN(C(=O)c1cc3c([nH]c1=O)CCCC3)C2. The average molecular weight is 447 g/mol. The second-order valence-corrected chi connectivity index (χ2v) is 8.71. The number of aromatic amines is 1. The van der Waals surface area contributed by atoms with Crippen molar-refractivity contribution >= 4 is 11.8 Å². The van der Waals surface area contributed by atoms with Crippen LogP contribution in [0, 0.1) is 0 Å². The summed E-state index contributed by atoms with van der Waals surface area (Å²) >= 11 is 0. The molecular formula is C24H26N6O3. The second kappa shape index (κ2) is 8.65. The summed E-state index contributed by atoms with van der Waals surface area (Å²) in [5, 5.41) is 7.40. The molecule has 33 heavy (non-hydrogen) atoms. The van der Waals surface area contributed by atoms with Crippen LogP contribution >= 0.6 is 0 Å². The maximum Gasteiger partial charge on any atom is 0.261 e. The number of nitrogens with one attached hydrogen (secondary N) is 2. The van der Waals surface area contributed by atoms with E-state index in [4.69, 9.17) is 0 Å². The van der Waals surface area contributed by atoms with E-state index in [1.54, 1.807) is 28.9 Å². The third-order valence-corrected chi connectivity index (χ3v) is 6.37. The van der Waals surface area contributed by atoms with Gasteiger partial charge >= 0.3 is 0 Å². The first-order valence-corrected chi connectivity index (χ1v) is 11.2. The van der Waals surface area contributed by atoms with Gasteiger partial charge in [0.1, 0.15) is 5.56 Å². The molecule has 1 aliphatic heterocycles. The number of amides is 2. The first-order valence-electron chi connectivity index (χ1n) is 11.2. The summed E-state index contributed by atoms with van der Waals surface area (Å²) in [5.41, 5.74) is 3.96. The van der Waals surface area contributed by atoms with Gasteiger partial charge in [0.05, 0.1) is 23.9 Å². The Kier molecular flexibility index (Phi) is 5.53. The van der Waals surface area contributed by atoms with E-state index in [9.17, 15) is 14.4 Å². The average Bonchev–Trinajstić information content (AvgIpc) is 3.21. The minimum absolute atomic E-state index is 0.135. The molecule has 170 valence electrons. The molecule has 4 heterocycles. The number of aromatic nitrogens is 4. The molecule has 0 aromatic carbocycles. The van der Waals surface area contributed by atoms with Crippen LogP contribution in [0.4, 0.5) is 0 Å². The summed E-state index contributed by atoms with van der Waals surface area (Å²) in [6.45, 7) is 0.757. The number of carbonyl (C=O) groups is 2. The van der Waals surface area contributed by atoms with Gasteiger partial charge in [0, 0.05) is 43.8 Å². The molecule has 0 unspecified atom stereocenters. The van der Waals surface area contributed by atoms with Gasteiger partial charge < -0.3 is 15.2 Å². The highest BCUT2D eigenvalue weighted by Gasteiger charge is 2.36. The van der Waals surface area contributed by atoms with Crippen molar-refractivity contribution in [3.63, 3.8) is 0 Å². The molecule has 0 radical (unpaired) electrons. The minimum Gasteiger partial charge on any atom is -0.350 e. The highest BCUT2D eigenvalue weighted by atomic mass is 16.2. The molecule has 0 spiro atoms. The fourth-order valence-electron chi connectivity index (χ4n) is 4.72. The van der Waals surface area contributed by atoms with Gasteiger partial charge in [-0.15, -0.1) is 0 Å². The Morgan fingerprint density at radius 1 is 1.21 bits per heavy atom. The molecular weight excluding hydrogens is 420 g/mol. The summed E-state index contributed by atoms with van der Waals surface area (Å²) in [7, 11) is 1.79. The summed E-state index contributed by atoms with van der Waals surface area (Å²) in [4.78, 5) is 47.9. The fourth-order valence-corrected chi connectivity index (χ4v) is 4.72. The Hall–Kier alpha value is -3.75. The van der Waals surface area contributed by atoms with Gasteiger partial charge in [-0.05, 0) is 49.4 Å². The molecule has 2 N–H and O–H groups in total. The Morgan fingerprint density at radius 2 is 2.06 bits per heavy atom. The van der Waals surface area contributed by atoms with E-state index >= 15 is 0 Å². The van der Waals surface area contributed by atoms with Crippen molar-refractivity contribution in [3.8, 4) is 0 Å². The van der Waals surface area contributed by atoms with Crippen LogP contribution in [0.15, 0.2) is 41.5 Å². The van der Waals surface area contributed by atoms with Gasteiger partial charge in [-0.1, -0.05) is 6.07 Å². The molecule has 1 atom stereocenters. The van der Waals surface area contributed by atoms with Crippen molar-refractivity contribution in [2.75, 3.05) is 6.54 Å². The van der Waals surface area contributed by atoms with Crippen LogP contribution in [-0.2, 0) is 37.8 Å². The van der Waals surface area contributed by atoms with Crippen LogP contribution in [0.5, 0.6) is 0 Å². The highest BCUT2D eigenvalue weighted by Crippen LogP contribution is 2.28.